The van der Waals surface area contributed by atoms with E-state index in [1.165, 1.54) is 5.56 Å². The first kappa shape index (κ1) is 23.6. The molecule has 9 nitrogen and oxygen atoms in total. The van der Waals surface area contributed by atoms with Gasteiger partial charge in [-0.3, -0.25) is 0 Å². The van der Waals surface area contributed by atoms with Gasteiger partial charge in [0.1, 0.15) is 6.61 Å². The molecule has 0 saturated heterocycles. The molecule has 0 bridgehead atoms. The first-order chi connectivity index (χ1) is 17.8. The number of rotatable bonds is 5. The summed E-state index contributed by atoms with van der Waals surface area (Å²) in [6.07, 6.45) is 4.23. The van der Waals surface area contributed by atoms with Gasteiger partial charge in [-0.25, -0.2) is 14.5 Å². The highest BCUT2D eigenvalue weighted by Crippen LogP contribution is 2.47. The largest absolute Gasteiger partial charge is 0.458 e. The molecule has 3 aliphatic rings. The van der Waals surface area contributed by atoms with Crippen LogP contribution in [0.4, 0.5) is 0 Å². The van der Waals surface area contributed by atoms with Crippen LogP contribution in [0.3, 0.4) is 0 Å². The summed E-state index contributed by atoms with van der Waals surface area (Å²) in [6, 6.07) is 4.26. The van der Waals surface area contributed by atoms with Gasteiger partial charge in [-0.05, 0) is 55.2 Å². The van der Waals surface area contributed by atoms with Crippen molar-refractivity contribution >= 4 is 22.6 Å². The van der Waals surface area contributed by atoms with Crippen LogP contribution in [-0.2, 0) is 29.0 Å². The second-order valence-corrected chi connectivity index (χ2v) is 9.97. The van der Waals surface area contributed by atoms with E-state index in [4.69, 9.17) is 9.72 Å². The zero-order valence-corrected chi connectivity index (χ0v) is 21.2. The number of cyclic esters (lactones) is 1. The van der Waals surface area contributed by atoms with Crippen LogP contribution in [0.1, 0.15) is 47.0 Å². The van der Waals surface area contributed by atoms with E-state index >= 15 is 0 Å². The molecular formula is C28H29N5O4. The van der Waals surface area contributed by atoms with Crippen LogP contribution >= 0.6 is 0 Å². The second kappa shape index (κ2) is 8.36. The fourth-order valence-electron chi connectivity index (χ4n) is 5.59. The maximum atomic E-state index is 12.6. The topological polar surface area (TPSA) is 114 Å². The van der Waals surface area contributed by atoms with Crippen molar-refractivity contribution < 1.29 is 19.7 Å². The maximum absolute atomic E-state index is 12.6. The van der Waals surface area contributed by atoms with E-state index in [-0.39, 0.29) is 19.6 Å². The van der Waals surface area contributed by atoms with Crippen LogP contribution in [-0.4, -0.2) is 59.9 Å². The molecule has 0 saturated carbocycles. The standard InChI is InChI=1S/C28H29N5O4/c1-5-28(36)23-10-25-26-21(12-32(25)17(4)22(23)14-37-27(28)35)20(13-33-18(6-7-34)11-29-31-33)19-8-15(2)16(3)9-24(19)30-26/h8-11,34,36H,4-7,12-14H2,1-3H3/t28-/m0/s1. The quantitative estimate of drug-likeness (QED) is 0.515. The minimum atomic E-state index is -1.72. The molecular weight excluding hydrogens is 470 g/mol. The van der Waals surface area contributed by atoms with Gasteiger partial charge in [-0.2, -0.15) is 0 Å². The lowest BCUT2D eigenvalue weighted by molar-refractivity contribution is -0.162. The van der Waals surface area contributed by atoms with E-state index in [9.17, 15) is 15.0 Å². The Bertz CT molecular complexity index is 1570. The highest BCUT2D eigenvalue weighted by molar-refractivity contribution is 5.93. The Balaban J connectivity index is 1.58. The van der Waals surface area contributed by atoms with Crippen molar-refractivity contribution in [3.8, 4) is 0 Å². The number of aliphatic hydroxyl groups excluding tert-OH is 1. The zero-order chi connectivity index (χ0) is 26.1. The molecule has 3 aliphatic heterocycles. The van der Waals surface area contributed by atoms with E-state index < -0.39 is 11.6 Å². The summed E-state index contributed by atoms with van der Waals surface area (Å²) >= 11 is 0. The van der Waals surface area contributed by atoms with Gasteiger partial charge < -0.3 is 19.8 Å². The highest BCUT2D eigenvalue weighted by atomic mass is 16.6. The number of aryl methyl sites for hydroxylation is 2. The molecule has 2 aromatic heterocycles. The van der Waals surface area contributed by atoms with E-state index in [0.29, 0.717) is 30.8 Å². The zero-order valence-electron chi connectivity index (χ0n) is 21.2. The average Bonchev–Trinajstić information content (AvgIpc) is 3.47. The van der Waals surface area contributed by atoms with E-state index in [1.54, 1.807) is 13.1 Å². The molecule has 37 heavy (non-hydrogen) atoms. The fourth-order valence-corrected chi connectivity index (χ4v) is 5.59. The lowest BCUT2D eigenvalue weighted by Crippen LogP contribution is -2.47. The fraction of sp³-hybridized carbons (Fsp3) is 0.357. The third kappa shape index (κ3) is 3.38. The van der Waals surface area contributed by atoms with Crippen LogP contribution in [0.25, 0.3) is 16.6 Å². The molecule has 0 spiro atoms. The second-order valence-electron chi connectivity index (χ2n) is 9.97. The highest BCUT2D eigenvalue weighted by Gasteiger charge is 2.48. The van der Waals surface area contributed by atoms with Crippen molar-refractivity contribution in [2.24, 2.45) is 0 Å². The number of ether oxygens (including phenoxy) is 1. The monoisotopic (exact) mass is 499 g/mol. The number of benzene rings is 1. The van der Waals surface area contributed by atoms with Gasteiger partial charge in [0, 0.05) is 40.8 Å². The van der Waals surface area contributed by atoms with Gasteiger partial charge in [-0.1, -0.05) is 18.7 Å². The number of carbonyl (C=O) groups excluding carboxylic acids is 1. The molecule has 5 heterocycles. The number of aliphatic hydroxyl groups is 2. The van der Waals surface area contributed by atoms with Crippen LogP contribution in [0.15, 0.2) is 47.8 Å². The number of hydrogen-bond acceptors (Lipinski definition) is 8. The number of carbonyl (C=O) groups is 1. The molecule has 3 aromatic rings. The first-order valence-corrected chi connectivity index (χ1v) is 12.5. The van der Waals surface area contributed by atoms with Gasteiger partial charge in [0.15, 0.2) is 5.60 Å². The molecule has 1 atom stereocenters. The summed E-state index contributed by atoms with van der Waals surface area (Å²) in [7, 11) is 0. The molecule has 0 aliphatic carbocycles. The third-order valence-corrected chi connectivity index (χ3v) is 7.97. The minimum Gasteiger partial charge on any atom is -0.458 e. The summed E-state index contributed by atoms with van der Waals surface area (Å²) in [5.41, 5.74) is 8.03. The van der Waals surface area contributed by atoms with Gasteiger partial charge >= 0.3 is 5.97 Å². The molecule has 9 heteroatoms. The Hall–Kier alpha value is -3.82. The van der Waals surface area contributed by atoms with Crippen LogP contribution in [0, 0.1) is 13.8 Å². The minimum absolute atomic E-state index is 0.0136. The van der Waals surface area contributed by atoms with Gasteiger partial charge in [0.2, 0.25) is 0 Å². The number of hydrogen-bond donors (Lipinski definition) is 2. The lowest BCUT2D eigenvalue weighted by atomic mass is 9.82. The third-order valence-electron chi connectivity index (χ3n) is 7.97. The summed E-state index contributed by atoms with van der Waals surface area (Å²) in [5.74, 6) is -0.633. The molecule has 0 fully saturated rings. The van der Waals surface area contributed by atoms with Crippen molar-refractivity contribution in [3.05, 3.63) is 81.5 Å². The lowest BCUT2D eigenvalue weighted by Gasteiger charge is -2.39. The van der Waals surface area contributed by atoms with Crippen LogP contribution < -0.4 is 0 Å². The van der Waals surface area contributed by atoms with Crippen LogP contribution in [0.5, 0.6) is 0 Å². The molecule has 0 unspecified atom stereocenters. The molecule has 0 amide bonds. The van der Waals surface area contributed by atoms with E-state index in [0.717, 1.165) is 50.3 Å². The van der Waals surface area contributed by atoms with Crippen molar-refractivity contribution in [1.29, 1.82) is 0 Å². The number of nitrogens with zero attached hydrogens (tertiary/aromatic N) is 5. The molecule has 1 aromatic carbocycles. The number of esters is 1. The van der Waals surface area contributed by atoms with E-state index in [2.05, 4.69) is 47.8 Å². The van der Waals surface area contributed by atoms with Crippen LogP contribution in [0.2, 0.25) is 0 Å². The predicted octanol–water partition coefficient (Wildman–Crippen LogP) is 2.70. The maximum Gasteiger partial charge on any atom is 0.343 e. The van der Waals surface area contributed by atoms with Crippen molar-refractivity contribution in [2.75, 3.05) is 13.2 Å². The average molecular weight is 500 g/mol. The number of aromatic nitrogens is 4. The summed E-state index contributed by atoms with van der Waals surface area (Å²) < 4.78 is 7.18. The Morgan fingerprint density at radius 1 is 1.24 bits per heavy atom. The molecule has 6 rings (SSSR count). The Morgan fingerprint density at radius 3 is 2.78 bits per heavy atom. The Morgan fingerprint density at radius 2 is 2.03 bits per heavy atom. The predicted molar refractivity (Wildman–Crippen MR) is 137 cm³/mol. The Kier molecular flexibility index (Phi) is 5.32. The van der Waals surface area contributed by atoms with Crippen molar-refractivity contribution in [1.82, 2.24) is 24.9 Å². The van der Waals surface area contributed by atoms with Crippen molar-refractivity contribution in [2.45, 2.75) is 52.3 Å². The van der Waals surface area contributed by atoms with Gasteiger partial charge in [-0.15, -0.1) is 5.10 Å². The number of fused-ring (bicyclic) bond motifs is 4. The summed E-state index contributed by atoms with van der Waals surface area (Å²) in [6.45, 7) is 11.4. The SMILES string of the molecule is C=C1C2=C(C=C3c4nc5cc(C)c(C)cc5c(Cn5nncc5CCO)c4CN13)[C@@](O)(CC)C(=O)OC2. The van der Waals surface area contributed by atoms with Crippen molar-refractivity contribution in [3.63, 3.8) is 0 Å². The van der Waals surface area contributed by atoms with Gasteiger partial charge in [0.25, 0.3) is 0 Å². The van der Waals surface area contributed by atoms with Gasteiger partial charge in [0.05, 0.1) is 41.9 Å². The molecule has 190 valence electrons. The smallest absolute Gasteiger partial charge is 0.343 e. The molecule has 0 radical (unpaired) electrons. The number of pyridine rings is 1. The summed E-state index contributed by atoms with van der Waals surface area (Å²) in [4.78, 5) is 19.8. The van der Waals surface area contributed by atoms with E-state index in [1.807, 2.05) is 10.8 Å². The summed E-state index contributed by atoms with van der Waals surface area (Å²) in [5, 5.41) is 30.2. The Labute approximate surface area is 214 Å². The normalized spacial score (nSPS) is 20.7. The first-order valence-electron chi connectivity index (χ1n) is 12.5. The molecule has 2 N–H and O–H groups in total.